The quantitative estimate of drug-likeness (QED) is 0.393. The largest absolute Gasteiger partial charge is 0.493 e. The molecule has 0 amide bonds. The van der Waals surface area contributed by atoms with Crippen LogP contribution in [0.2, 0.25) is 0 Å². The van der Waals surface area contributed by atoms with Crippen LogP contribution in [0.15, 0.2) is 39.9 Å². The van der Waals surface area contributed by atoms with Crippen LogP contribution in [0.25, 0.3) is 0 Å². The number of hydrogen-bond acceptors (Lipinski definition) is 6. The molecule has 0 aliphatic heterocycles. The Morgan fingerprint density at radius 3 is 2.19 bits per heavy atom. The molecule has 31 heavy (non-hydrogen) atoms. The normalized spacial score (nSPS) is 12.5. The molecular formula is C23H36N4O4. The maximum Gasteiger partial charge on any atom is 0.203 e. The van der Waals surface area contributed by atoms with E-state index in [0.717, 1.165) is 36.9 Å². The van der Waals surface area contributed by atoms with Crippen LogP contribution < -0.4 is 24.8 Å². The predicted octanol–water partition coefficient (Wildman–Crippen LogP) is 3.44. The fraction of sp³-hybridized carbons (Fsp3) is 0.522. The van der Waals surface area contributed by atoms with Crippen LogP contribution in [0.3, 0.4) is 0 Å². The molecule has 1 heterocycles. The van der Waals surface area contributed by atoms with Gasteiger partial charge < -0.3 is 29.3 Å². The van der Waals surface area contributed by atoms with Crippen LogP contribution in [0.1, 0.15) is 38.1 Å². The van der Waals surface area contributed by atoms with Crippen molar-refractivity contribution >= 4 is 5.96 Å². The van der Waals surface area contributed by atoms with E-state index in [1.165, 1.54) is 0 Å². The van der Waals surface area contributed by atoms with Gasteiger partial charge in [0.05, 0.1) is 40.2 Å². The van der Waals surface area contributed by atoms with E-state index in [0.29, 0.717) is 30.3 Å². The number of likely N-dealkylation sites (N-methyl/N-ethyl adjacent to an activating group) is 1. The lowest BCUT2D eigenvalue weighted by molar-refractivity contribution is 0.193. The van der Waals surface area contributed by atoms with Crippen molar-refractivity contribution in [3.63, 3.8) is 0 Å². The number of ether oxygens (including phenoxy) is 3. The molecule has 172 valence electrons. The molecule has 8 nitrogen and oxygen atoms in total. The van der Waals surface area contributed by atoms with Gasteiger partial charge in [-0.3, -0.25) is 4.90 Å². The second-order valence-corrected chi connectivity index (χ2v) is 6.86. The topological polar surface area (TPSA) is 80.5 Å². The number of benzene rings is 1. The van der Waals surface area contributed by atoms with Crippen molar-refractivity contribution in [3.05, 3.63) is 41.9 Å². The number of furan rings is 1. The number of hydrogen-bond donors (Lipinski definition) is 2. The first-order valence-electron chi connectivity index (χ1n) is 10.7. The summed E-state index contributed by atoms with van der Waals surface area (Å²) >= 11 is 0. The van der Waals surface area contributed by atoms with Crippen LogP contribution >= 0.6 is 0 Å². The molecule has 0 fully saturated rings. The zero-order valence-electron chi connectivity index (χ0n) is 19.5. The van der Waals surface area contributed by atoms with Gasteiger partial charge in [-0.15, -0.1) is 0 Å². The SMILES string of the molecule is CCNC(=NCc1cc(OC)c(OC)c(OC)c1)NCC(c1ccco1)N(CC)CC. The molecule has 2 rings (SSSR count). The lowest BCUT2D eigenvalue weighted by Crippen LogP contribution is -2.43. The van der Waals surface area contributed by atoms with Crippen LogP contribution in [0.5, 0.6) is 17.2 Å². The van der Waals surface area contributed by atoms with Crippen LogP contribution in [0, 0.1) is 0 Å². The highest BCUT2D eigenvalue weighted by Crippen LogP contribution is 2.38. The number of aliphatic imine (C=N–C) groups is 1. The van der Waals surface area contributed by atoms with Gasteiger partial charge >= 0.3 is 0 Å². The van der Waals surface area contributed by atoms with E-state index in [1.807, 2.05) is 31.2 Å². The Labute approximate surface area is 185 Å². The summed E-state index contributed by atoms with van der Waals surface area (Å²) in [6.07, 6.45) is 1.72. The predicted molar refractivity (Wildman–Crippen MR) is 123 cm³/mol. The molecule has 2 N–H and O–H groups in total. The van der Waals surface area contributed by atoms with Gasteiger partial charge in [0, 0.05) is 13.1 Å². The van der Waals surface area contributed by atoms with Gasteiger partial charge in [-0.05, 0) is 49.8 Å². The van der Waals surface area contributed by atoms with Gasteiger partial charge in [0.2, 0.25) is 5.75 Å². The highest BCUT2D eigenvalue weighted by molar-refractivity contribution is 5.79. The molecule has 0 radical (unpaired) electrons. The molecule has 1 unspecified atom stereocenters. The lowest BCUT2D eigenvalue weighted by Gasteiger charge is -2.28. The van der Waals surface area contributed by atoms with E-state index in [4.69, 9.17) is 23.6 Å². The third-order valence-corrected chi connectivity index (χ3v) is 5.08. The maximum atomic E-state index is 5.69. The zero-order chi connectivity index (χ0) is 22.6. The minimum atomic E-state index is 0.120. The molecule has 1 aromatic heterocycles. The number of nitrogens with zero attached hydrogens (tertiary/aromatic N) is 2. The van der Waals surface area contributed by atoms with Gasteiger partial charge in [0.15, 0.2) is 17.5 Å². The molecule has 0 saturated heterocycles. The number of rotatable bonds is 12. The van der Waals surface area contributed by atoms with Gasteiger partial charge in [-0.1, -0.05) is 13.8 Å². The molecule has 0 spiro atoms. The smallest absolute Gasteiger partial charge is 0.203 e. The summed E-state index contributed by atoms with van der Waals surface area (Å²) in [4.78, 5) is 7.10. The summed E-state index contributed by atoms with van der Waals surface area (Å²) < 4.78 is 22.0. The summed E-state index contributed by atoms with van der Waals surface area (Å²) in [5, 5.41) is 6.77. The fourth-order valence-electron chi connectivity index (χ4n) is 3.49. The third-order valence-electron chi connectivity index (χ3n) is 5.08. The van der Waals surface area contributed by atoms with Gasteiger partial charge in [0.1, 0.15) is 5.76 Å². The average molecular weight is 433 g/mol. The van der Waals surface area contributed by atoms with E-state index < -0.39 is 0 Å². The van der Waals surface area contributed by atoms with E-state index in [9.17, 15) is 0 Å². The third kappa shape index (κ3) is 6.55. The van der Waals surface area contributed by atoms with Crippen molar-refractivity contribution in [2.24, 2.45) is 4.99 Å². The lowest BCUT2D eigenvalue weighted by atomic mass is 10.2. The Morgan fingerprint density at radius 2 is 1.71 bits per heavy atom. The highest BCUT2D eigenvalue weighted by Gasteiger charge is 2.21. The summed E-state index contributed by atoms with van der Waals surface area (Å²) in [6.45, 7) is 10.1. The Hall–Kier alpha value is -2.87. The van der Waals surface area contributed by atoms with Crippen molar-refractivity contribution in [2.75, 3.05) is 47.5 Å². The summed E-state index contributed by atoms with van der Waals surface area (Å²) in [6, 6.07) is 7.89. The van der Waals surface area contributed by atoms with Crippen molar-refractivity contribution < 1.29 is 18.6 Å². The first-order valence-corrected chi connectivity index (χ1v) is 10.7. The Kier molecular flexibility index (Phi) is 10.0. The fourth-order valence-corrected chi connectivity index (χ4v) is 3.49. The van der Waals surface area contributed by atoms with Crippen molar-refractivity contribution in [2.45, 2.75) is 33.4 Å². The molecule has 8 heteroatoms. The van der Waals surface area contributed by atoms with Crippen molar-refractivity contribution in [3.8, 4) is 17.2 Å². The minimum absolute atomic E-state index is 0.120. The summed E-state index contributed by atoms with van der Waals surface area (Å²) in [5.74, 6) is 3.48. The number of guanidine groups is 1. The van der Waals surface area contributed by atoms with E-state index in [1.54, 1.807) is 27.6 Å². The second kappa shape index (κ2) is 12.7. The number of methoxy groups -OCH3 is 3. The van der Waals surface area contributed by atoms with Gasteiger partial charge in [0.25, 0.3) is 0 Å². The van der Waals surface area contributed by atoms with E-state index in [-0.39, 0.29) is 6.04 Å². The summed E-state index contributed by atoms with van der Waals surface area (Å²) in [5.41, 5.74) is 0.957. The monoisotopic (exact) mass is 432 g/mol. The Balaban J connectivity index is 2.18. The molecule has 0 bridgehead atoms. The molecule has 1 aromatic carbocycles. The van der Waals surface area contributed by atoms with Crippen molar-refractivity contribution in [1.29, 1.82) is 0 Å². The second-order valence-electron chi connectivity index (χ2n) is 6.86. The first-order chi connectivity index (χ1) is 15.1. The van der Waals surface area contributed by atoms with E-state index >= 15 is 0 Å². The minimum Gasteiger partial charge on any atom is -0.493 e. The molecule has 0 saturated carbocycles. The Morgan fingerprint density at radius 1 is 1.03 bits per heavy atom. The standard InChI is InChI=1S/C23H36N4O4/c1-7-24-23(26-16-18(27(8-2)9-3)19-11-10-12-31-19)25-15-17-13-20(28-4)22(30-6)21(14-17)29-5/h10-14,18H,7-9,15-16H2,1-6H3,(H2,24,25,26). The van der Waals surface area contributed by atoms with Gasteiger partial charge in [-0.25, -0.2) is 4.99 Å². The molecule has 1 atom stereocenters. The van der Waals surface area contributed by atoms with Crippen LogP contribution in [0.4, 0.5) is 0 Å². The van der Waals surface area contributed by atoms with Gasteiger partial charge in [-0.2, -0.15) is 0 Å². The molecule has 2 aromatic rings. The highest BCUT2D eigenvalue weighted by atomic mass is 16.5. The summed E-state index contributed by atoms with van der Waals surface area (Å²) in [7, 11) is 4.81. The van der Waals surface area contributed by atoms with E-state index in [2.05, 4.69) is 29.4 Å². The first kappa shape index (κ1) is 24.4. The molecular weight excluding hydrogens is 396 g/mol. The van der Waals surface area contributed by atoms with Crippen LogP contribution in [-0.4, -0.2) is 58.4 Å². The maximum absolute atomic E-state index is 5.69. The average Bonchev–Trinajstić information content (AvgIpc) is 3.33. The molecule has 0 aliphatic rings. The molecule has 0 aliphatic carbocycles. The zero-order valence-corrected chi connectivity index (χ0v) is 19.5. The number of nitrogens with one attached hydrogen (secondary N) is 2. The van der Waals surface area contributed by atoms with Crippen LogP contribution in [-0.2, 0) is 6.54 Å². The Bertz CT molecular complexity index is 779. The van der Waals surface area contributed by atoms with Crippen molar-refractivity contribution in [1.82, 2.24) is 15.5 Å².